The summed E-state index contributed by atoms with van der Waals surface area (Å²) in [6.45, 7) is 2.42. The van der Waals surface area contributed by atoms with Crippen LogP contribution >= 0.6 is 11.6 Å². The van der Waals surface area contributed by atoms with E-state index in [4.69, 9.17) is 16.6 Å². The van der Waals surface area contributed by atoms with Crippen LogP contribution < -0.4 is 10.2 Å². The number of aromatic nitrogens is 2. The van der Waals surface area contributed by atoms with Crippen LogP contribution in [0.4, 0.5) is 11.6 Å². The predicted molar refractivity (Wildman–Crippen MR) is 126 cm³/mol. The summed E-state index contributed by atoms with van der Waals surface area (Å²) < 4.78 is 1.87. The fraction of sp³-hybridized carbons (Fsp3) is 0.160. The summed E-state index contributed by atoms with van der Waals surface area (Å²) >= 11 is 6.17. The van der Waals surface area contributed by atoms with Crippen LogP contribution in [0.25, 0.3) is 11.0 Å². The first-order chi connectivity index (χ1) is 15.5. The second-order valence-corrected chi connectivity index (χ2v) is 8.34. The van der Waals surface area contributed by atoms with Crippen LogP contribution in [0.2, 0.25) is 5.02 Å². The monoisotopic (exact) mass is 444 g/mol. The van der Waals surface area contributed by atoms with Gasteiger partial charge in [0.15, 0.2) is 0 Å². The normalized spacial score (nSPS) is 15.2. The van der Waals surface area contributed by atoms with E-state index < -0.39 is 6.04 Å². The molecule has 0 aliphatic carbocycles. The van der Waals surface area contributed by atoms with Crippen molar-refractivity contribution in [3.8, 4) is 0 Å². The summed E-state index contributed by atoms with van der Waals surface area (Å²) in [6.07, 6.45) is -0.0121. The van der Waals surface area contributed by atoms with Gasteiger partial charge in [-0.1, -0.05) is 65.7 Å². The molecule has 1 atom stereocenters. The van der Waals surface area contributed by atoms with Crippen LogP contribution in [0.3, 0.4) is 0 Å². The zero-order valence-electron chi connectivity index (χ0n) is 17.5. The minimum Gasteiger partial charge on any atom is -0.325 e. The molecule has 1 unspecified atom stereocenters. The number of anilines is 2. The molecule has 0 saturated carbocycles. The third-order valence-electron chi connectivity index (χ3n) is 5.67. The zero-order chi connectivity index (χ0) is 22.2. The number of carbonyl (C=O) groups excluding carboxylic acids is 2. The lowest BCUT2D eigenvalue weighted by atomic mass is 10.1. The van der Waals surface area contributed by atoms with Crippen LogP contribution in [0.15, 0.2) is 72.8 Å². The van der Waals surface area contributed by atoms with Gasteiger partial charge in [0.05, 0.1) is 34.7 Å². The minimum absolute atomic E-state index is 0.0121. The van der Waals surface area contributed by atoms with Crippen LogP contribution in [0.1, 0.15) is 23.6 Å². The van der Waals surface area contributed by atoms with E-state index in [9.17, 15) is 9.59 Å². The number of nitrogens with zero attached hydrogens (tertiary/aromatic N) is 3. The Morgan fingerprint density at radius 1 is 1.03 bits per heavy atom. The zero-order valence-corrected chi connectivity index (χ0v) is 18.2. The van der Waals surface area contributed by atoms with E-state index in [-0.39, 0.29) is 18.2 Å². The smallest absolute Gasteiger partial charge is 0.253 e. The maximum absolute atomic E-state index is 13.5. The average molecular weight is 445 g/mol. The van der Waals surface area contributed by atoms with Crippen LogP contribution in [-0.2, 0) is 16.1 Å². The summed E-state index contributed by atoms with van der Waals surface area (Å²) in [5.41, 5.74) is 4.31. The second kappa shape index (κ2) is 8.13. The van der Waals surface area contributed by atoms with Crippen molar-refractivity contribution in [1.29, 1.82) is 0 Å². The van der Waals surface area contributed by atoms with Crippen molar-refractivity contribution in [3.63, 3.8) is 0 Å². The second-order valence-electron chi connectivity index (χ2n) is 7.93. The molecule has 7 heteroatoms. The molecule has 1 aromatic heterocycles. The van der Waals surface area contributed by atoms with Crippen molar-refractivity contribution >= 4 is 46.1 Å². The van der Waals surface area contributed by atoms with Gasteiger partial charge in [-0.3, -0.25) is 19.1 Å². The standard InChI is InChI=1S/C25H21ClN4O2/c1-16-10-12-17(13-11-16)15-29-24(32)22(14-23(31)27-19-7-3-2-6-18(19)26)30-21-9-5-4-8-20(21)28-25(29)30/h2-13,22H,14-15H2,1H3,(H,27,31). The fourth-order valence-electron chi connectivity index (χ4n) is 4.06. The molecular weight excluding hydrogens is 424 g/mol. The summed E-state index contributed by atoms with van der Waals surface area (Å²) in [5.74, 6) is 0.137. The third kappa shape index (κ3) is 3.63. The van der Waals surface area contributed by atoms with Crippen LogP contribution in [0, 0.1) is 6.92 Å². The molecule has 1 aliphatic rings. The quantitative estimate of drug-likeness (QED) is 0.465. The molecule has 3 aromatic carbocycles. The Kier molecular flexibility index (Phi) is 5.15. The molecule has 5 rings (SSSR count). The van der Waals surface area contributed by atoms with Gasteiger partial charge in [-0.2, -0.15) is 0 Å². The Morgan fingerprint density at radius 2 is 1.75 bits per heavy atom. The molecule has 0 fully saturated rings. The van der Waals surface area contributed by atoms with Crippen LogP contribution in [0.5, 0.6) is 0 Å². The van der Waals surface area contributed by atoms with Crippen molar-refractivity contribution in [2.75, 3.05) is 10.2 Å². The molecule has 0 saturated heterocycles. The van der Waals surface area contributed by atoms with Crippen molar-refractivity contribution in [2.24, 2.45) is 0 Å². The highest BCUT2D eigenvalue weighted by molar-refractivity contribution is 6.33. The molecule has 0 bridgehead atoms. The lowest BCUT2D eigenvalue weighted by molar-refractivity contribution is -0.124. The largest absolute Gasteiger partial charge is 0.325 e. The number of halogens is 1. The summed E-state index contributed by atoms with van der Waals surface area (Å²) in [6, 6.07) is 22.1. The van der Waals surface area contributed by atoms with Gasteiger partial charge in [0, 0.05) is 0 Å². The molecule has 1 N–H and O–H groups in total. The lowest BCUT2D eigenvalue weighted by Gasteiger charge is -2.16. The molecular formula is C25H21ClN4O2. The number of rotatable bonds is 5. The SMILES string of the molecule is Cc1ccc(CN2C(=O)C(CC(=O)Nc3ccccc3Cl)n3c2nc2ccccc23)cc1. The number of amides is 2. The molecule has 32 heavy (non-hydrogen) atoms. The van der Waals surface area contributed by atoms with Crippen molar-refractivity contribution in [1.82, 2.24) is 9.55 Å². The highest BCUT2D eigenvalue weighted by Crippen LogP contribution is 2.37. The Hall–Kier alpha value is -3.64. The summed E-state index contributed by atoms with van der Waals surface area (Å²) in [7, 11) is 0. The number of hydrogen-bond donors (Lipinski definition) is 1. The number of imidazole rings is 1. The highest BCUT2D eigenvalue weighted by Gasteiger charge is 2.40. The average Bonchev–Trinajstić information content (AvgIpc) is 3.27. The number of para-hydroxylation sites is 3. The van der Waals surface area contributed by atoms with Gasteiger partial charge in [-0.15, -0.1) is 0 Å². The maximum atomic E-state index is 13.5. The number of nitrogens with one attached hydrogen (secondary N) is 1. The Morgan fingerprint density at radius 3 is 2.53 bits per heavy atom. The van der Waals surface area contributed by atoms with Gasteiger partial charge >= 0.3 is 0 Å². The van der Waals surface area contributed by atoms with Gasteiger partial charge in [0.1, 0.15) is 6.04 Å². The molecule has 6 nitrogen and oxygen atoms in total. The van der Waals surface area contributed by atoms with E-state index in [1.165, 1.54) is 0 Å². The number of hydrogen-bond acceptors (Lipinski definition) is 3. The first-order valence-corrected chi connectivity index (χ1v) is 10.8. The van der Waals surface area contributed by atoms with Crippen molar-refractivity contribution in [3.05, 3.63) is 88.9 Å². The number of benzene rings is 3. The first-order valence-electron chi connectivity index (χ1n) is 10.4. The Balaban J connectivity index is 1.48. The number of fused-ring (bicyclic) bond motifs is 3. The third-order valence-corrected chi connectivity index (χ3v) is 6.00. The molecule has 1 aliphatic heterocycles. The molecule has 0 spiro atoms. The first kappa shape index (κ1) is 20.3. The summed E-state index contributed by atoms with van der Waals surface area (Å²) in [5, 5.41) is 3.28. The van der Waals surface area contributed by atoms with E-state index >= 15 is 0 Å². The highest BCUT2D eigenvalue weighted by atomic mass is 35.5. The van der Waals surface area contributed by atoms with Crippen molar-refractivity contribution in [2.45, 2.75) is 25.9 Å². The Bertz CT molecular complexity index is 1330. The van der Waals surface area contributed by atoms with Crippen LogP contribution in [-0.4, -0.2) is 21.4 Å². The van der Waals surface area contributed by atoms with Gasteiger partial charge in [0.25, 0.3) is 5.91 Å². The number of carbonyl (C=O) groups is 2. The van der Waals surface area contributed by atoms with Crippen molar-refractivity contribution < 1.29 is 9.59 Å². The van der Waals surface area contributed by atoms with Gasteiger partial charge < -0.3 is 5.32 Å². The van der Waals surface area contributed by atoms with Gasteiger partial charge in [-0.25, -0.2) is 4.98 Å². The summed E-state index contributed by atoms with van der Waals surface area (Å²) in [4.78, 5) is 32.7. The fourth-order valence-corrected chi connectivity index (χ4v) is 4.24. The van der Waals surface area contributed by atoms with E-state index in [1.807, 2.05) is 60.0 Å². The topological polar surface area (TPSA) is 67.2 Å². The van der Waals surface area contributed by atoms with E-state index in [0.29, 0.717) is 23.2 Å². The van der Waals surface area contributed by atoms with Gasteiger partial charge in [-0.05, 0) is 36.8 Å². The molecule has 0 radical (unpaired) electrons. The predicted octanol–water partition coefficient (Wildman–Crippen LogP) is 5.11. The van der Waals surface area contributed by atoms with Gasteiger partial charge in [0.2, 0.25) is 11.9 Å². The molecule has 2 amide bonds. The number of aryl methyl sites for hydroxylation is 1. The molecule has 160 valence electrons. The van der Waals surface area contributed by atoms with E-state index in [0.717, 1.165) is 22.2 Å². The minimum atomic E-state index is -0.676. The van der Waals surface area contributed by atoms with E-state index in [1.54, 1.807) is 29.2 Å². The van der Waals surface area contributed by atoms with E-state index in [2.05, 4.69) is 5.32 Å². The molecule has 4 aromatic rings. The lowest BCUT2D eigenvalue weighted by Crippen LogP contribution is -2.31. The Labute approximate surface area is 190 Å². The molecule has 2 heterocycles. The maximum Gasteiger partial charge on any atom is 0.253 e.